The maximum atomic E-state index is 5.36. The molecule has 3 N–H and O–H groups in total. The van der Waals surface area contributed by atoms with Crippen LogP contribution in [0.15, 0.2) is 23.3 Å². The summed E-state index contributed by atoms with van der Waals surface area (Å²) in [4.78, 5) is 1.59. The van der Waals surface area contributed by atoms with Crippen molar-refractivity contribution in [3.8, 4) is 11.5 Å². The number of hydrogen-bond acceptors (Lipinski definition) is 5. The summed E-state index contributed by atoms with van der Waals surface area (Å²) in [6.07, 6.45) is 2.74. The van der Waals surface area contributed by atoms with Gasteiger partial charge in [0.25, 0.3) is 0 Å². The summed E-state index contributed by atoms with van der Waals surface area (Å²) in [6, 6.07) is 5.55. The minimum Gasteiger partial charge on any atom is -0.497 e. The average molecular weight is 367 g/mol. The molecule has 1 aromatic carbocycles. The van der Waals surface area contributed by atoms with Gasteiger partial charge in [0.1, 0.15) is 24.6 Å². The van der Waals surface area contributed by atoms with Crippen molar-refractivity contribution >= 4 is 23.5 Å². The van der Waals surface area contributed by atoms with Gasteiger partial charge in [-0.2, -0.15) is 5.10 Å². The van der Waals surface area contributed by atoms with Crippen LogP contribution in [0.3, 0.4) is 0 Å². The third kappa shape index (κ3) is 7.25. The van der Waals surface area contributed by atoms with Crippen LogP contribution in [0, 0.1) is 0 Å². The van der Waals surface area contributed by atoms with E-state index in [2.05, 4.69) is 15.8 Å². The molecule has 1 saturated heterocycles. The molecule has 0 radical (unpaired) electrons. The van der Waals surface area contributed by atoms with Crippen LogP contribution in [0.25, 0.3) is 0 Å². The van der Waals surface area contributed by atoms with Gasteiger partial charge in [-0.25, -0.2) is 0 Å². The SMILES string of the molecule is COc1cc(/C=N\NC(=S)NCCC[NH+]2CCOCC2)cc(OC)c1. The van der Waals surface area contributed by atoms with Crippen molar-refractivity contribution in [3.63, 3.8) is 0 Å². The minimum atomic E-state index is 0.517. The van der Waals surface area contributed by atoms with Crippen molar-refractivity contribution in [2.45, 2.75) is 6.42 Å². The van der Waals surface area contributed by atoms with E-state index in [4.69, 9.17) is 26.4 Å². The van der Waals surface area contributed by atoms with Crippen molar-refractivity contribution in [3.05, 3.63) is 23.8 Å². The van der Waals surface area contributed by atoms with Crippen LogP contribution in [-0.4, -0.2) is 64.9 Å². The molecule has 0 unspecified atom stereocenters. The van der Waals surface area contributed by atoms with Gasteiger partial charge < -0.3 is 24.4 Å². The van der Waals surface area contributed by atoms with Crippen LogP contribution in [0.5, 0.6) is 11.5 Å². The van der Waals surface area contributed by atoms with E-state index in [1.165, 1.54) is 0 Å². The highest BCUT2D eigenvalue weighted by Crippen LogP contribution is 2.21. The number of nitrogens with zero attached hydrogens (tertiary/aromatic N) is 1. The van der Waals surface area contributed by atoms with Gasteiger partial charge in [0, 0.05) is 24.6 Å². The molecular weight excluding hydrogens is 340 g/mol. The fraction of sp³-hybridized carbons (Fsp3) is 0.529. The number of nitrogens with one attached hydrogen (secondary N) is 3. The first-order valence-electron chi connectivity index (χ1n) is 8.42. The van der Waals surface area contributed by atoms with E-state index >= 15 is 0 Å². The Morgan fingerprint density at radius 3 is 2.56 bits per heavy atom. The number of quaternary nitrogens is 1. The first kappa shape index (κ1) is 19.4. The van der Waals surface area contributed by atoms with E-state index in [1.807, 2.05) is 18.2 Å². The quantitative estimate of drug-likeness (QED) is 0.256. The van der Waals surface area contributed by atoms with Crippen molar-refractivity contribution in [1.82, 2.24) is 10.7 Å². The molecule has 2 rings (SSSR count). The monoisotopic (exact) mass is 367 g/mol. The second-order valence-electron chi connectivity index (χ2n) is 5.74. The van der Waals surface area contributed by atoms with Crippen molar-refractivity contribution in [2.24, 2.45) is 5.10 Å². The van der Waals surface area contributed by atoms with E-state index in [-0.39, 0.29) is 0 Å². The summed E-state index contributed by atoms with van der Waals surface area (Å²) in [5, 5.41) is 7.83. The van der Waals surface area contributed by atoms with E-state index < -0.39 is 0 Å². The Balaban J connectivity index is 1.67. The number of morpholine rings is 1. The largest absolute Gasteiger partial charge is 0.497 e. The zero-order valence-electron chi connectivity index (χ0n) is 14.8. The fourth-order valence-corrected chi connectivity index (χ4v) is 2.71. The van der Waals surface area contributed by atoms with Gasteiger partial charge in [-0.3, -0.25) is 5.43 Å². The first-order chi connectivity index (χ1) is 12.2. The maximum absolute atomic E-state index is 5.36. The minimum absolute atomic E-state index is 0.517. The Morgan fingerprint density at radius 1 is 1.24 bits per heavy atom. The lowest BCUT2D eigenvalue weighted by Gasteiger charge is -2.23. The normalized spacial score (nSPS) is 15.1. The van der Waals surface area contributed by atoms with Gasteiger partial charge in [0.2, 0.25) is 0 Å². The average Bonchev–Trinajstić information content (AvgIpc) is 2.65. The molecule has 0 atom stereocenters. The highest BCUT2D eigenvalue weighted by Gasteiger charge is 2.12. The number of rotatable bonds is 8. The summed E-state index contributed by atoms with van der Waals surface area (Å²) >= 11 is 5.22. The Labute approximate surface area is 154 Å². The van der Waals surface area contributed by atoms with Crippen LogP contribution in [0.2, 0.25) is 0 Å². The molecule has 7 nitrogen and oxygen atoms in total. The highest BCUT2D eigenvalue weighted by atomic mass is 32.1. The molecule has 25 heavy (non-hydrogen) atoms. The second kappa shape index (κ2) is 10.9. The van der Waals surface area contributed by atoms with Gasteiger partial charge in [-0.15, -0.1) is 0 Å². The standard InChI is InChI=1S/C17H26N4O3S/c1-22-15-10-14(11-16(12-15)23-2)13-19-20-17(25)18-4-3-5-21-6-8-24-9-7-21/h10-13H,3-9H2,1-2H3,(H2,18,20,25)/p+1/b19-13-. The van der Waals surface area contributed by atoms with E-state index in [9.17, 15) is 0 Å². The summed E-state index contributed by atoms with van der Waals surface area (Å²) in [7, 11) is 3.23. The molecule has 0 aliphatic carbocycles. The molecule has 0 saturated carbocycles. The number of benzene rings is 1. The van der Waals surface area contributed by atoms with Gasteiger partial charge in [0.05, 0.1) is 40.2 Å². The topological polar surface area (TPSA) is 68.5 Å². The Hall–Kier alpha value is -1.90. The molecule has 0 spiro atoms. The van der Waals surface area contributed by atoms with E-state index in [0.717, 1.165) is 51.4 Å². The zero-order valence-corrected chi connectivity index (χ0v) is 15.7. The van der Waals surface area contributed by atoms with Gasteiger partial charge in [-0.1, -0.05) is 0 Å². The van der Waals surface area contributed by atoms with Crippen molar-refractivity contribution < 1.29 is 19.1 Å². The highest BCUT2D eigenvalue weighted by molar-refractivity contribution is 7.80. The Morgan fingerprint density at radius 2 is 1.92 bits per heavy atom. The first-order valence-corrected chi connectivity index (χ1v) is 8.83. The summed E-state index contributed by atoms with van der Waals surface area (Å²) < 4.78 is 15.8. The smallest absolute Gasteiger partial charge is 0.186 e. The van der Waals surface area contributed by atoms with Crippen LogP contribution >= 0.6 is 12.2 Å². The molecule has 1 fully saturated rings. The number of thiocarbonyl (C=S) groups is 1. The molecule has 0 aromatic heterocycles. The van der Waals surface area contributed by atoms with Gasteiger partial charge >= 0.3 is 0 Å². The Bertz CT molecular complexity index is 555. The fourth-order valence-electron chi connectivity index (χ4n) is 2.56. The molecule has 1 aromatic rings. The summed E-state index contributed by atoms with van der Waals surface area (Å²) in [5.41, 5.74) is 3.69. The molecule has 138 valence electrons. The van der Waals surface area contributed by atoms with Crippen molar-refractivity contribution in [1.29, 1.82) is 0 Å². The summed E-state index contributed by atoms with van der Waals surface area (Å²) in [5.74, 6) is 1.43. The lowest BCUT2D eigenvalue weighted by Crippen LogP contribution is -3.14. The molecule has 8 heteroatoms. The predicted molar refractivity (Wildman–Crippen MR) is 102 cm³/mol. The lowest BCUT2D eigenvalue weighted by molar-refractivity contribution is -0.908. The maximum Gasteiger partial charge on any atom is 0.186 e. The third-order valence-corrected chi connectivity index (χ3v) is 4.18. The molecular formula is C17H27N4O3S+. The number of hydrogen-bond donors (Lipinski definition) is 3. The van der Waals surface area contributed by atoms with E-state index in [0.29, 0.717) is 16.6 Å². The Kier molecular flexibility index (Phi) is 8.44. The summed E-state index contributed by atoms with van der Waals surface area (Å²) in [6.45, 7) is 5.89. The molecule has 1 heterocycles. The van der Waals surface area contributed by atoms with Crippen LogP contribution in [0.4, 0.5) is 0 Å². The number of ether oxygens (including phenoxy) is 3. The molecule has 0 amide bonds. The molecule has 1 aliphatic heterocycles. The van der Waals surface area contributed by atoms with E-state index in [1.54, 1.807) is 25.3 Å². The molecule has 0 bridgehead atoms. The van der Waals surface area contributed by atoms with Crippen molar-refractivity contribution in [2.75, 3.05) is 53.6 Å². The zero-order chi connectivity index (χ0) is 17.9. The molecule has 1 aliphatic rings. The number of hydrazone groups is 1. The lowest BCUT2D eigenvalue weighted by atomic mass is 10.2. The predicted octanol–water partition coefficient (Wildman–Crippen LogP) is -0.193. The third-order valence-electron chi connectivity index (χ3n) is 3.95. The second-order valence-corrected chi connectivity index (χ2v) is 6.15. The van der Waals surface area contributed by atoms with Crippen LogP contribution in [0.1, 0.15) is 12.0 Å². The number of methoxy groups -OCH3 is 2. The van der Waals surface area contributed by atoms with Crippen LogP contribution < -0.4 is 25.1 Å². The van der Waals surface area contributed by atoms with Crippen LogP contribution in [-0.2, 0) is 4.74 Å². The van der Waals surface area contributed by atoms with Gasteiger partial charge in [-0.05, 0) is 24.4 Å². The van der Waals surface area contributed by atoms with Gasteiger partial charge in [0.15, 0.2) is 5.11 Å².